The van der Waals surface area contributed by atoms with E-state index in [1.54, 1.807) is 0 Å². The molecule has 0 spiro atoms. The molecule has 39 heavy (non-hydrogen) atoms. The Bertz CT molecular complexity index is 1600. The predicted molar refractivity (Wildman–Crippen MR) is 149 cm³/mol. The molecule has 0 atom stereocenters. The van der Waals surface area contributed by atoms with Gasteiger partial charge in [0.2, 0.25) is 17.8 Å². The molecular formula is C24H20BrN9O5. The van der Waals surface area contributed by atoms with Crippen molar-refractivity contribution in [2.24, 2.45) is 5.10 Å². The lowest BCUT2D eigenvalue weighted by Crippen LogP contribution is -2.07. The Balaban J connectivity index is 1.63. The van der Waals surface area contributed by atoms with Crippen molar-refractivity contribution in [2.45, 2.75) is 13.8 Å². The molecule has 0 saturated heterocycles. The lowest BCUT2D eigenvalue weighted by molar-refractivity contribution is -0.385. The summed E-state index contributed by atoms with van der Waals surface area (Å²) in [4.78, 5) is 33.9. The third kappa shape index (κ3) is 6.78. The van der Waals surface area contributed by atoms with Crippen LogP contribution in [0.25, 0.3) is 0 Å². The maximum absolute atomic E-state index is 11.1. The van der Waals surface area contributed by atoms with Gasteiger partial charge in [0.15, 0.2) is 0 Å². The Morgan fingerprint density at radius 2 is 1.41 bits per heavy atom. The third-order valence-corrected chi connectivity index (χ3v) is 5.99. The number of aromatic nitrogens is 3. The van der Waals surface area contributed by atoms with Crippen LogP contribution in [-0.4, -0.2) is 36.1 Å². The number of nitro groups is 2. The van der Waals surface area contributed by atoms with Crippen LogP contribution in [0.15, 0.2) is 64.2 Å². The van der Waals surface area contributed by atoms with Gasteiger partial charge in [-0.3, -0.25) is 20.2 Å². The molecular weight excluding hydrogens is 574 g/mol. The van der Waals surface area contributed by atoms with E-state index in [9.17, 15) is 25.3 Å². The van der Waals surface area contributed by atoms with E-state index in [0.29, 0.717) is 5.69 Å². The molecule has 0 radical (unpaired) electrons. The van der Waals surface area contributed by atoms with Crippen molar-refractivity contribution >= 4 is 62.7 Å². The molecule has 0 saturated carbocycles. The normalized spacial score (nSPS) is 10.8. The molecule has 1 heterocycles. The monoisotopic (exact) mass is 593 g/mol. The summed E-state index contributed by atoms with van der Waals surface area (Å²) in [6.45, 7) is 3.96. The second kappa shape index (κ2) is 11.5. The first-order valence-corrected chi connectivity index (χ1v) is 12.0. The number of hydrazone groups is 1. The fraction of sp³-hybridized carbons (Fsp3) is 0.0833. The van der Waals surface area contributed by atoms with Gasteiger partial charge in [-0.25, -0.2) is 5.43 Å². The Labute approximate surface area is 229 Å². The Kier molecular flexibility index (Phi) is 7.90. The van der Waals surface area contributed by atoms with Gasteiger partial charge in [-0.05, 0) is 65.2 Å². The number of hydrogen-bond acceptors (Lipinski definition) is 12. The van der Waals surface area contributed by atoms with Crippen LogP contribution < -0.4 is 16.1 Å². The van der Waals surface area contributed by atoms with Gasteiger partial charge in [0.05, 0.1) is 20.5 Å². The number of rotatable bonds is 9. The van der Waals surface area contributed by atoms with E-state index < -0.39 is 9.85 Å². The minimum Gasteiger partial charge on any atom is -0.506 e. The van der Waals surface area contributed by atoms with Crippen LogP contribution in [0.4, 0.5) is 40.6 Å². The number of benzene rings is 3. The molecule has 0 aliphatic rings. The molecule has 14 nitrogen and oxygen atoms in total. The molecule has 0 aliphatic heterocycles. The lowest BCUT2D eigenvalue weighted by atomic mass is 10.1. The molecule has 0 unspecified atom stereocenters. The highest BCUT2D eigenvalue weighted by Crippen LogP contribution is 2.31. The van der Waals surface area contributed by atoms with E-state index >= 15 is 0 Å². The van der Waals surface area contributed by atoms with Gasteiger partial charge in [-0.1, -0.05) is 6.07 Å². The fourth-order valence-electron chi connectivity index (χ4n) is 3.25. The summed E-state index contributed by atoms with van der Waals surface area (Å²) < 4.78 is 0.132. The van der Waals surface area contributed by atoms with Crippen molar-refractivity contribution in [1.82, 2.24) is 15.0 Å². The van der Waals surface area contributed by atoms with Crippen molar-refractivity contribution in [3.63, 3.8) is 0 Å². The summed E-state index contributed by atoms with van der Waals surface area (Å²) in [6, 6.07) is 13.8. The largest absolute Gasteiger partial charge is 0.506 e. The Morgan fingerprint density at radius 1 is 0.821 bits per heavy atom. The van der Waals surface area contributed by atoms with Gasteiger partial charge in [0.25, 0.3) is 11.4 Å². The average Bonchev–Trinajstić information content (AvgIpc) is 2.88. The van der Waals surface area contributed by atoms with Gasteiger partial charge < -0.3 is 15.7 Å². The Hall–Kier alpha value is -5.18. The first-order chi connectivity index (χ1) is 18.6. The summed E-state index contributed by atoms with van der Waals surface area (Å²) in [5, 5.41) is 42.4. The summed E-state index contributed by atoms with van der Waals surface area (Å²) in [5.41, 5.74) is 5.79. The summed E-state index contributed by atoms with van der Waals surface area (Å²) >= 11 is 3.08. The smallest absolute Gasteiger partial charge is 0.271 e. The average molecular weight is 594 g/mol. The molecule has 0 fully saturated rings. The number of non-ortho nitro benzene ring substituents is 2. The minimum absolute atomic E-state index is 0.000909. The lowest BCUT2D eigenvalue weighted by Gasteiger charge is -2.11. The SMILES string of the molecule is Cc1ccc(Nc2nc(N/N=C/c3cc([N+](=O)[O-])cc(Br)c3O)nc(Nc3ccc([N+](=O)[O-])cc3)n2)cc1C. The van der Waals surface area contributed by atoms with Crippen LogP contribution in [0.2, 0.25) is 0 Å². The third-order valence-electron chi connectivity index (χ3n) is 5.39. The molecule has 0 amide bonds. The zero-order valence-corrected chi connectivity index (χ0v) is 22.0. The van der Waals surface area contributed by atoms with Crippen molar-refractivity contribution < 1.29 is 15.0 Å². The zero-order valence-electron chi connectivity index (χ0n) is 20.4. The number of nitrogens with one attached hydrogen (secondary N) is 3. The molecule has 0 bridgehead atoms. The van der Waals surface area contributed by atoms with Crippen LogP contribution >= 0.6 is 15.9 Å². The number of phenols is 1. The molecule has 198 valence electrons. The van der Waals surface area contributed by atoms with E-state index in [2.05, 4.69) is 52.0 Å². The number of halogens is 1. The van der Waals surface area contributed by atoms with Crippen molar-refractivity contribution in [3.05, 3.63) is 96.0 Å². The number of anilines is 5. The van der Waals surface area contributed by atoms with E-state index in [4.69, 9.17) is 0 Å². The molecule has 3 aromatic carbocycles. The van der Waals surface area contributed by atoms with Gasteiger partial charge in [-0.15, -0.1) is 0 Å². The summed E-state index contributed by atoms with van der Waals surface area (Å²) in [5.74, 6) is 0.0283. The molecule has 4 aromatic rings. The highest BCUT2D eigenvalue weighted by molar-refractivity contribution is 9.10. The van der Waals surface area contributed by atoms with Gasteiger partial charge in [0, 0.05) is 41.2 Å². The highest BCUT2D eigenvalue weighted by atomic mass is 79.9. The molecule has 1 aromatic heterocycles. The highest BCUT2D eigenvalue weighted by Gasteiger charge is 2.14. The van der Waals surface area contributed by atoms with E-state index in [1.807, 2.05) is 32.0 Å². The van der Waals surface area contributed by atoms with E-state index in [1.165, 1.54) is 36.5 Å². The predicted octanol–water partition coefficient (Wildman–Crippen LogP) is 5.71. The zero-order chi connectivity index (χ0) is 28.1. The minimum atomic E-state index is -0.595. The van der Waals surface area contributed by atoms with Crippen molar-refractivity contribution in [1.29, 1.82) is 0 Å². The summed E-state index contributed by atoms with van der Waals surface area (Å²) in [7, 11) is 0. The standard InChI is InChI=1S/C24H20BrN9O5/c1-13-3-4-17(9-14(13)2)28-23-29-22(27-16-5-7-18(8-6-16)33(36)37)30-24(31-23)32-26-12-15-10-19(34(38)39)11-20(25)21(15)35/h3-12,35H,1-2H3,(H3,27,28,29,30,31,32)/b26-12+. The summed E-state index contributed by atoms with van der Waals surface area (Å²) in [6.07, 6.45) is 1.18. The van der Waals surface area contributed by atoms with E-state index in [0.717, 1.165) is 22.9 Å². The maximum atomic E-state index is 11.1. The van der Waals surface area contributed by atoms with Gasteiger partial charge in [0.1, 0.15) is 5.75 Å². The van der Waals surface area contributed by atoms with Gasteiger partial charge >= 0.3 is 0 Å². The van der Waals surface area contributed by atoms with Crippen LogP contribution in [0, 0.1) is 34.1 Å². The molecule has 15 heteroatoms. The second-order valence-corrected chi connectivity index (χ2v) is 9.01. The Morgan fingerprint density at radius 3 is 2.03 bits per heavy atom. The number of phenolic OH excluding ortho intramolecular Hbond substituents is 1. The molecule has 0 aliphatic carbocycles. The quantitative estimate of drug-likeness (QED) is 0.105. The van der Waals surface area contributed by atoms with Crippen molar-refractivity contribution in [2.75, 3.05) is 16.1 Å². The molecule has 4 rings (SSSR count). The number of nitro benzene ring substituents is 2. The topological polar surface area (TPSA) is 194 Å². The molecule has 4 N–H and O–H groups in total. The number of nitrogens with zero attached hydrogens (tertiary/aromatic N) is 6. The van der Waals surface area contributed by atoms with Crippen molar-refractivity contribution in [3.8, 4) is 5.75 Å². The van der Waals surface area contributed by atoms with Crippen LogP contribution in [0.3, 0.4) is 0 Å². The van der Waals surface area contributed by atoms with E-state index in [-0.39, 0.29) is 45.0 Å². The number of hydrogen-bond donors (Lipinski definition) is 4. The van der Waals surface area contributed by atoms with Crippen LogP contribution in [0.1, 0.15) is 16.7 Å². The first kappa shape index (κ1) is 26.9. The fourth-order valence-corrected chi connectivity index (χ4v) is 3.71. The number of aryl methyl sites for hydroxylation is 2. The maximum Gasteiger partial charge on any atom is 0.271 e. The first-order valence-electron chi connectivity index (χ1n) is 11.2. The number of aromatic hydroxyl groups is 1. The second-order valence-electron chi connectivity index (χ2n) is 8.15. The van der Waals surface area contributed by atoms with Crippen LogP contribution in [-0.2, 0) is 0 Å². The van der Waals surface area contributed by atoms with Crippen LogP contribution in [0.5, 0.6) is 5.75 Å². The van der Waals surface area contributed by atoms with Gasteiger partial charge in [-0.2, -0.15) is 20.1 Å².